The number of para-hydroxylation sites is 1. The normalized spacial score (nSPS) is 11.3. The first-order chi connectivity index (χ1) is 11.8. The summed E-state index contributed by atoms with van der Waals surface area (Å²) in [7, 11) is -3.59. The quantitative estimate of drug-likeness (QED) is 0.685. The largest absolute Gasteiger partial charge is 0.354 e. The number of pyridine rings is 1. The maximum Gasteiger partial charge on any atom is 0.272 e. The van der Waals surface area contributed by atoms with Crippen LogP contribution in [0.5, 0.6) is 0 Å². The van der Waals surface area contributed by atoms with Crippen LogP contribution in [0, 0.1) is 20.8 Å². The molecular formula is C18H19N3O2S2. The number of anilines is 3. The van der Waals surface area contributed by atoms with Crippen molar-refractivity contribution in [1.29, 1.82) is 0 Å². The molecule has 0 spiro atoms. The molecule has 2 heterocycles. The first-order valence-electron chi connectivity index (χ1n) is 7.74. The second-order valence-corrected chi connectivity index (χ2v) is 8.99. The molecule has 0 saturated heterocycles. The predicted octanol–water partition coefficient (Wildman–Crippen LogP) is 4.61. The van der Waals surface area contributed by atoms with Gasteiger partial charge >= 0.3 is 0 Å². The Morgan fingerprint density at radius 1 is 0.960 bits per heavy atom. The first kappa shape index (κ1) is 17.4. The molecule has 0 aliphatic rings. The minimum atomic E-state index is -3.59. The number of benzene rings is 1. The molecule has 3 aromatic rings. The molecular weight excluding hydrogens is 354 g/mol. The van der Waals surface area contributed by atoms with E-state index in [0.717, 1.165) is 27.4 Å². The molecule has 0 fully saturated rings. The monoisotopic (exact) mass is 373 g/mol. The van der Waals surface area contributed by atoms with E-state index in [2.05, 4.69) is 15.0 Å². The van der Waals surface area contributed by atoms with Crippen LogP contribution in [0.15, 0.2) is 52.9 Å². The molecule has 2 N–H and O–H groups in total. The SMILES string of the molecule is Cc1ccc(S(=O)(=O)Nc2ccc(Nc3c(C)cccc3C)cn2)s1. The van der Waals surface area contributed by atoms with Crippen molar-refractivity contribution in [3.63, 3.8) is 0 Å². The number of thiophene rings is 1. The van der Waals surface area contributed by atoms with E-state index in [9.17, 15) is 8.42 Å². The molecule has 0 saturated carbocycles. The van der Waals surface area contributed by atoms with Crippen LogP contribution in [0.25, 0.3) is 0 Å². The summed E-state index contributed by atoms with van der Waals surface area (Å²) in [6, 6.07) is 12.9. The fourth-order valence-corrected chi connectivity index (χ4v) is 4.72. The highest BCUT2D eigenvalue weighted by Crippen LogP contribution is 2.26. The van der Waals surface area contributed by atoms with Crippen LogP contribution in [0.3, 0.4) is 0 Å². The second-order valence-electron chi connectivity index (χ2n) is 5.79. The number of sulfonamides is 1. The maximum absolute atomic E-state index is 12.3. The van der Waals surface area contributed by atoms with Crippen LogP contribution < -0.4 is 10.0 Å². The highest BCUT2D eigenvalue weighted by atomic mass is 32.2. The minimum Gasteiger partial charge on any atom is -0.354 e. The van der Waals surface area contributed by atoms with Gasteiger partial charge < -0.3 is 5.32 Å². The molecule has 130 valence electrons. The van der Waals surface area contributed by atoms with Gasteiger partial charge in [0.15, 0.2) is 0 Å². The van der Waals surface area contributed by atoms with Crippen molar-refractivity contribution in [2.24, 2.45) is 0 Å². The summed E-state index contributed by atoms with van der Waals surface area (Å²) >= 11 is 1.23. The van der Waals surface area contributed by atoms with E-state index in [1.807, 2.05) is 39.0 Å². The Balaban J connectivity index is 1.77. The standard InChI is InChI=1S/C18H19N3O2S2/c1-12-5-4-6-13(2)18(12)20-15-8-9-16(19-11-15)21-25(22,23)17-10-7-14(3)24-17/h4-11,20H,1-3H3,(H,19,21). The van der Waals surface area contributed by atoms with E-state index in [4.69, 9.17) is 0 Å². The summed E-state index contributed by atoms with van der Waals surface area (Å²) in [5.41, 5.74) is 4.11. The number of hydrogen-bond donors (Lipinski definition) is 2. The van der Waals surface area contributed by atoms with Crippen molar-refractivity contribution >= 4 is 38.6 Å². The smallest absolute Gasteiger partial charge is 0.272 e. The van der Waals surface area contributed by atoms with Gasteiger partial charge in [0.1, 0.15) is 10.0 Å². The molecule has 5 nitrogen and oxygen atoms in total. The third-order valence-corrected chi connectivity index (χ3v) is 6.58. The summed E-state index contributed by atoms with van der Waals surface area (Å²) < 4.78 is 27.4. The van der Waals surface area contributed by atoms with Gasteiger partial charge in [-0.25, -0.2) is 13.4 Å². The average molecular weight is 374 g/mol. The van der Waals surface area contributed by atoms with E-state index in [0.29, 0.717) is 0 Å². The summed E-state index contributed by atoms with van der Waals surface area (Å²) in [5.74, 6) is 0.290. The topological polar surface area (TPSA) is 71.1 Å². The fraction of sp³-hybridized carbons (Fsp3) is 0.167. The Hall–Kier alpha value is -2.38. The Bertz CT molecular complexity index is 973. The Kier molecular flexibility index (Phi) is 4.78. The molecule has 0 aliphatic carbocycles. The van der Waals surface area contributed by atoms with Gasteiger partial charge in [-0.05, 0) is 56.2 Å². The third kappa shape index (κ3) is 4.00. The minimum absolute atomic E-state index is 0.282. The van der Waals surface area contributed by atoms with Crippen LogP contribution in [-0.2, 0) is 10.0 Å². The van der Waals surface area contributed by atoms with Gasteiger partial charge in [-0.1, -0.05) is 18.2 Å². The second kappa shape index (κ2) is 6.85. The Morgan fingerprint density at radius 2 is 1.68 bits per heavy atom. The lowest BCUT2D eigenvalue weighted by Gasteiger charge is -2.13. The maximum atomic E-state index is 12.3. The van der Waals surface area contributed by atoms with Gasteiger partial charge in [-0.2, -0.15) is 0 Å². The Labute approximate surface area is 151 Å². The van der Waals surface area contributed by atoms with Crippen molar-refractivity contribution < 1.29 is 8.42 Å². The van der Waals surface area contributed by atoms with Gasteiger partial charge in [0.25, 0.3) is 10.0 Å². The summed E-state index contributed by atoms with van der Waals surface area (Å²) in [5, 5.41) is 3.33. The molecule has 7 heteroatoms. The molecule has 1 aromatic carbocycles. The van der Waals surface area contributed by atoms with Gasteiger partial charge in [0.2, 0.25) is 0 Å². The molecule has 0 amide bonds. The van der Waals surface area contributed by atoms with Crippen LogP contribution in [0.2, 0.25) is 0 Å². The van der Waals surface area contributed by atoms with Crippen molar-refractivity contribution in [1.82, 2.24) is 4.98 Å². The molecule has 0 aliphatic heterocycles. The molecule has 0 unspecified atom stereocenters. The number of aryl methyl sites for hydroxylation is 3. The van der Waals surface area contributed by atoms with Crippen molar-refractivity contribution in [3.8, 4) is 0 Å². The Morgan fingerprint density at radius 3 is 2.24 bits per heavy atom. The van der Waals surface area contributed by atoms with Crippen LogP contribution in [0.4, 0.5) is 17.2 Å². The van der Waals surface area contributed by atoms with Gasteiger partial charge in [0, 0.05) is 10.6 Å². The number of hydrogen-bond acceptors (Lipinski definition) is 5. The number of aromatic nitrogens is 1. The fourth-order valence-electron chi connectivity index (χ4n) is 2.43. The highest BCUT2D eigenvalue weighted by Gasteiger charge is 2.16. The highest BCUT2D eigenvalue weighted by molar-refractivity contribution is 7.94. The van der Waals surface area contributed by atoms with Gasteiger partial charge in [-0.15, -0.1) is 11.3 Å². The van der Waals surface area contributed by atoms with E-state index in [-0.39, 0.29) is 10.0 Å². The molecule has 2 aromatic heterocycles. The van der Waals surface area contributed by atoms with Crippen molar-refractivity contribution in [3.05, 3.63) is 64.7 Å². The van der Waals surface area contributed by atoms with Crippen molar-refractivity contribution in [2.45, 2.75) is 25.0 Å². The number of nitrogens with one attached hydrogen (secondary N) is 2. The zero-order valence-electron chi connectivity index (χ0n) is 14.2. The van der Waals surface area contributed by atoms with Gasteiger partial charge in [-0.3, -0.25) is 4.72 Å². The third-order valence-electron chi connectivity index (χ3n) is 3.73. The van der Waals surface area contributed by atoms with Crippen molar-refractivity contribution in [2.75, 3.05) is 10.0 Å². The number of rotatable bonds is 5. The lowest BCUT2D eigenvalue weighted by Crippen LogP contribution is -2.12. The molecule has 0 bridgehead atoms. The first-order valence-corrected chi connectivity index (χ1v) is 10.0. The van der Waals surface area contributed by atoms with Crippen LogP contribution >= 0.6 is 11.3 Å². The zero-order chi connectivity index (χ0) is 18.0. The lowest BCUT2D eigenvalue weighted by atomic mass is 10.1. The van der Waals surface area contributed by atoms with Crippen LogP contribution in [-0.4, -0.2) is 13.4 Å². The van der Waals surface area contributed by atoms with E-state index < -0.39 is 10.0 Å². The van der Waals surface area contributed by atoms with E-state index in [1.54, 1.807) is 30.5 Å². The molecule has 0 atom stereocenters. The molecule has 25 heavy (non-hydrogen) atoms. The van der Waals surface area contributed by atoms with E-state index >= 15 is 0 Å². The summed E-state index contributed by atoms with van der Waals surface area (Å²) in [6.07, 6.45) is 1.61. The predicted molar refractivity (Wildman–Crippen MR) is 103 cm³/mol. The molecule has 3 rings (SSSR count). The van der Waals surface area contributed by atoms with Crippen LogP contribution in [0.1, 0.15) is 16.0 Å². The zero-order valence-corrected chi connectivity index (χ0v) is 15.8. The summed E-state index contributed by atoms with van der Waals surface area (Å²) in [6.45, 7) is 5.94. The lowest BCUT2D eigenvalue weighted by molar-refractivity contribution is 0.603. The van der Waals surface area contributed by atoms with E-state index in [1.165, 1.54) is 11.3 Å². The molecule has 0 radical (unpaired) electrons. The summed E-state index contributed by atoms with van der Waals surface area (Å²) in [4.78, 5) is 5.15. The average Bonchev–Trinajstić information content (AvgIpc) is 3.00. The number of nitrogens with zero attached hydrogens (tertiary/aromatic N) is 1. The van der Waals surface area contributed by atoms with Gasteiger partial charge in [0.05, 0.1) is 11.9 Å².